The monoisotopic (exact) mass is 526 g/mol. The van der Waals surface area contributed by atoms with Gasteiger partial charge in [-0.2, -0.15) is 13.2 Å². The largest absolute Gasteiger partial charge is 0.497 e. The number of hydrogen-bond acceptors (Lipinski definition) is 6. The van der Waals surface area contributed by atoms with E-state index in [1.165, 1.54) is 23.8 Å². The molecule has 1 N–H and O–H groups in total. The molecule has 0 aliphatic carbocycles. The third kappa shape index (κ3) is 6.36. The van der Waals surface area contributed by atoms with Crippen LogP contribution in [0.5, 0.6) is 5.75 Å². The third-order valence-electron chi connectivity index (χ3n) is 5.30. The van der Waals surface area contributed by atoms with Gasteiger partial charge in [0.25, 0.3) is 5.91 Å². The Balaban J connectivity index is 1.61. The van der Waals surface area contributed by atoms with Crippen molar-refractivity contribution in [3.05, 3.63) is 101 Å². The van der Waals surface area contributed by atoms with E-state index in [0.717, 1.165) is 23.9 Å². The van der Waals surface area contributed by atoms with Crippen LogP contribution >= 0.6 is 11.8 Å². The van der Waals surface area contributed by atoms with Crippen molar-refractivity contribution in [1.82, 2.24) is 20.1 Å². The van der Waals surface area contributed by atoms with Crippen molar-refractivity contribution < 1.29 is 27.5 Å². The molecule has 0 radical (unpaired) electrons. The smallest absolute Gasteiger partial charge is 0.416 e. The number of amides is 1. The Labute approximate surface area is 214 Å². The number of thioether (sulfide) groups is 1. The number of nitrogens with one attached hydrogen (secondary N) is 1. The predicted octanol–water partition coefficient (Wildman–Crippen LogP) is 5.20. The fourth-order valence-corrected chi connectivity index (χ4v) is 4.32. The molecular formula is C26H21F3N4O3S. The third-order valence-corrected chi connectivity index (χ3v) is 6.23. The minimum absolute atomic E-state index is 0.00270. The maximum absolute atomic E-state index is 13.4. The highest BCUT2D eigenvalue weighted by atomic mass is 32.2. The molecule has 0 aliphatic heterocycles. The number of nitrogens with zero attached hydrogens (tertiary/aromatic N) is 3. The summed E-state index contributed by atoms with van der Waals surface area (Å²) >= 11 is 1.04. The standard InChI is InChI=1S/C26H21F3N4O3S/c1-36-21-12-5-9-18(13-21)24(35)30-15-23-31-32-25(37-16-22(34)17-7-3-2-4-8-17)33(23)20-11-6-10-19(14-20)26(27,28)29/h2-14H,15-16H2,1H3,(H,30,35). The fraction of sp³-hybridized carbons (Fsp3) is 0.154. The molecule has 190 valence electrons. The molecule has 4 aromatic rings. The van der Waals surface area contributed by atoms with E-state index >= 15 is 0 Å². The van der Waals surface area contributed by atoms with Crippen molar-refractivity contribution in [2.24, 2.45) is 0 Å². The SMILES string of the molecule is COc1cccc(C(=O)NCc2nnc(SCC(=O)c3ccccc3)n2-c2cccc(C(F)(F)F)c2)c1. The molecule has 0 saturated heterocycles. The number of carbonyl (C=O) groups is 2. The lowest BCUT2D eigenvalue weighted by molar-refractivity contribution is -0.137. The second-order valence-electron chi connectivity index (χ2n) is 7.77. The maximum atomic E-state index is 13.4. The number of ketones is 1. The molecule has 4 rings (SSSR count). The Morgan fingerprint density at radius 2 is 1.68 bits per heavy atom. The van der Waals surface area contributed by atoms with Crippen molar-refractivity contribution in [2.45, 2.75) is 17.9 Å². The van der Waals surface area contributed by atoms with Gasteiger partial charge in [0.15, 0.2) is 16.8 Å². The van der Waals surface area contributed by atoms with Crippen molar-refractivity contribution >= 4 is 23.5 Å². The second kappa shape index (κ2) is 11.3. The zero-order valence-electron chi connectivity index (χ0n) is 19.5. The van der Waals surface area contributed by atoms with Crippen molar-refractivity contribution in [3.63, 3.8) is 0 Å². The molecule has 7 nitrogen and oxygen atoms in total. The quantitative estimate of drug-likeness (QED) is 0.238. The number of methoxy groups -OCH3 is 1. The Morgan fingerprint density at radius 1 is 0.946 bits per heavy atom. The van der Waals surface area contributed by atoms with Gasteiger partial charge < -0.3 is 10.1 Å². The van der Waals surface area contributed by atoms with E-state index in [-0.39, 0.29) is 34.7 Å². The molecule has 3 aromatic carbocycles. The number of rotatable bonds is 9. The first-order valence-corrected chi connectivity index (χ1v) is 12.0. The van der Waals surface area contributed by atoms with Crippen molar-refractivity contribution in [2.75, 3.05) is 12.9 Å². The normalized spacial score (nSPS) is 11.2. The molecule has 11 heteroatoms. The van der Waals surface area contributed by atoms with Crippen LogP contribution in [0.25, 0.3) is 5.69 Å². The average molecular weight is 527 g/mol. The van der Waals surface area contributed by atoms with Crippen LogP contribution < -0.4 is 10.1 Å². The number of ether oxygens (including phenoxy) is 1. The summed E-state index contributed by atoms with van der Waals surface area (Å²) in [4.78, 5) is 25.3. The van der Waals surface area contributed by atoms with Crippen LogP contribution in [0.4, 0.5) is 13.2 Å². The van der Waals surface area contributed by atoms with E-state index in [0.29, 0.717) is 16.9 Å². The first-order valence-electron chi connectivity index (χ1n) is 11.0. The second-order valence-corrected chi connectivity index (χ2v) is 8.72. The van der Waals surface area contributed by atoms with E-state index in [9.17, 15) is 22.8 Å². The van der Waals surface area contributed by atoms with Gasteiger partial charge in [0.1, 0.15) is 5.75 Å². The van der Waals surface area contributed by atoms with Crippen LogP contribution in [0.1, 0.15) is 32.1 Å². The molecule has 0 fully saturated rings. The summed E-state index contributed by atoms with van der Waals surface area (Å²) in [7, 11) is 1.48. The van der Waals surface area contributed by atoms with Gasteiger partial charge in [0, 0.05) is 11.1 Å². The molecule has 1 amide bonds. The van der Waals surface area contributed by atoms with Gasteiger partial charge in [-0.1, -0.05) is 54.2 Å². The Hall–Kier alpha value is -4.12. The average Bonchev–Trinajstić information content (AvgIpc) is 3.33. The van der Waals surface area contributed by atoms with Crippen LogP contribution in [0.3, 0.4) is 0 Å². The van der Waals surface area contributed by atoms with E-state index in [1.807, 2.05) is 0 Å². The van der Waals surface area contributed by atoms with Crippen molar-refractivity contribution in [3.8, 4) is 11.4 Å². The van der Waals surface area contributed by atoms with E-state index < -0.39 is 17.6 Å². The summed E-state index contributed by atoms with van der Waals surface area (Å²) in [5.74, 6) is 0.104. The maximum Gasteiger partial charge on any atom is 0.416 e. The lowest BCUT2D eigenvalue weighted by Gasteiger charge is -2.13. The summed E-state index contributed by atoms with van der Waals surface area (Å²) in [6, 6.07) is 19.9. The number of hydrogen-bond donors (Lipinski definition) is 1. The summed E-state index contributed by atoms with van der Waals surface area (Å²) in [5.41, 5.74) is 0.153. The zero-order valence-corrected chi connectivity index (χ0v) is 20.3. The van der Waals surface area contributed by atoms with Crippen LogP contribution in [-0.4, -0.2) is 39.3 Å². The van der Waals surface area contributed by atoms with Gasteiger partial charge in [0.05, 0.1) is 30.7 Å². The van der Waals surface area contributed by atoms with Gasteiger partial charge in [-0.3, -0.25) is 14.2 Å². The van der Waals surface area contributed by atoms with Gasteiger partial charge in [-0.25, -0.2) is 0 Å². The van der Waals surface area contributed by atoms with E-state index in [4.69, 9.17) is 4.74 Å². The van der Waals surface area contributed by atoms with Crippen molar-refractivity contribution in [1.29, 1.82) is 0 Å². The van der Waals surface area contributed by atoms with Crippen LogP contribution in [-0.2, 0) is 12.7 Å². The molecule has 0 saturated carbocycles. The predicted molar refractivity (Wildman–Crippen MR) is 132 cm³/mol. The van der Waals surface area contributed by atoms with Gasteiger partial charge >= 0.3 is 6.18 Å². The molecule has 0 atom stereocenters. The first kappa shape index (κ1) is 26.0. The first-order chi connectivity index (χ1) is 17.8. The van der Waals surface area contributed by atoms with Gasteiger partial charge in [0.2, 0.25) is 0 Å². The molecular weight excluding hydrogens is 505 g/mol. The number of benzene rings is 3. The number of Topliss-reactive ketones (excluding diaryl/α,β-unsaturated/α-hetero) is 1. The summed E-state index contributed by atoms with van der Waals surface area (Å²) < 4.78 is 46.7. The zero-order chi connectivity index (χ0) is 26.4. The molecule has 1 heterocycles. The van der Waals surface area contributed by atoms with E-state index in [1.54, 1.807) is 54.6 Å². The minimum Gasteiger partial charge on any atom is -0.497 e. The lowest BCUT2D eigenvalue weighted by Crippen LogP contribution is -2.24. The molecule has 37 heavy (non-hydrogen) atoms. The molecule has 0 bridgehead atoms. The number of halogens is 3. The molecule has 0 unspecified atom stereocenters. The van der Waals surface area contributed by atoms with E-state index in [2.05, 4.69) is 15.5 Å². The molecule has 0 aliphatic rings. The molecule has 0 spiro atoms. The summed E-state index contributed by atoms with van der Waals surface area (Å²) in [6.45, 7) is -0.119. The number of aromatic nitrogens is 3. The number of alkyl halides is 3. The lowest BCUT2D eigenvalue weighted by atomic mass is 10.2. The fourth-order valence-electron chi connectivity index (χ4n) is 3.45. The molecule has 1 aromatic heterocycles. The van der Waals surface area contributed by atoms with Crippen LogP contribution in [0.2, 0.25) is 0 Å². The topological polar surface area (TPSA) is 86.1 Å². The van der Waals surface area contributed by atoms with Crippen LogP contribution in [0, 0.1) is 0 Å². The Bertz CT molecular complexity index is 1410. The van der Waals surface area contributed by atoms with Gasteiger partial charge in [-0.15, -0.1) is 10.2 Å². The summed E-state index contributed by atoms with van der Waals surface area (Å²) in [5, 5.41) is 11.1. The Morgan fingerprint density at radius 3 is 2.41 bits per heavy atom. The Kier molecular flexibility index (Phi) is 7.92. The highest BCUT2D eigenvalue weighted by molar-refractivity contribution is 7.99. The highest BCUT2D eigenvalue weighted by Gasteiger charge is 2.31. The number of carbonyl (C=O) groups excluding carboxylic acids is 2. The minimum atomic E-state index is -4.55. The summed E-state index contributed by atoms with van der Waals surface area (Å²) in [6.07, 6.45) is -4.55. The van der Waals surface area contributed by atoms with Gasteiger partial charge in [-0.05, 0) is 36.4 Å². The van der Waals surface area contributed by atoms with Crippen LogP contribution in [0.15, 0.2) is 84.0 Å². The highest BCUT2D eigenvalue weighted by Crippen LogP contribution is 2.32.